The Balaban J connectivity index is 1.60. The monoisotopic (exact) mass is 465 g/mol. The quantitative estimate of drug-likeness (QED) is 0.405. The molecule has 10 nitrogen and oxygen atoms in total. The van der Waals surface area contributed by atoms with Crippen LogP contribution < -0.4 is 20.9 Å². The molecule has 0 aliphatic carbocycles. The highest BCUT2D eigenvalue weighted by molar-refractivity contribution is 7.45. The summed E-state index contributed by atoms with van der Waals surface area (Å²) < 4.78 is 24.3. The molecule has 0 saturated carbocycles. The van der Waals surface area contributed by atoms with Gasteiger partial charge in [0.2, 0.25) is 0 Å². The van der Waals surface area contributed by atoms with Gasteiger partial charge in [0.15, 0.2) is 0 Å². The number of aromatic amines is 1. The molecule has 32 heavy (non-hydrogen) atoms. The van der Waals surface area contributed by atoms with E-state index >= 15 is 0 Å². The molecule has 2 N–H and O–H groups in total. The fourth-order valence-electron chi connectivity index (χ4n) is 3.26. The lowest BCUT2D eigenvalue weighted by Gasteiger charge is -2.21. The minimum atomic E-state index is -1.65. The molecule has 0 amide bonds. The summed E-state index contributed by atoms with van der Waals surface area (Å²) in [7, 11) is -1.65. The maximum Gasteiger partial charge on any atom is 0.330 e. The first-order valence-corrected chi connectivity index (χ1v) is 11.6. The van der Waals surface area contributed by atoms with E-state index in [1.54, 1.807) is 26.0 Å². The zero-order chi connectivity index (χ0) is 23.1. The molecule has 1 saturated heterocycles. The van der Waals surface area contributed by atoms with Gasteiger partial charge in [0.25, 0.3) is 5.56 Å². The van der Waals surface area contributed by atoms with E-state index in [4.69, 9.17) is 18.5 Å². The Morgan fingerprint density at radius 2 is 2.03 bits per heavy atom. The molecular weight excluding hydrogens is 437 g/mol. The lowest BCUT2D eigenvalue weighted by atomic mass is 10.1. The van der Waals surface area contributed by atoms with Crippen molar-refractivity contribution in [1.29, 1.82) is 0 Å². The number of esters is 1. The molecule has 0 bridgehead atoms. The van der Waals surface area contributed by atoms with Crippen LogP contribution in [0.3, 0.4) is 0 Å². The van der Waals surface area contributed by atoms with E-state index in [0.717, 1.165) is 0 Å². The van der Waals surface area contributed by atoms with E-state index in [1.165, 1.54) is 16.8 Å². The van der Waals surface area contributed by atoms with Crippen LogP contribution in [0.1, 0.15) is 33.4 Å². The first-order chi connectivity index (χ1) is 15.3. The summed E-state index contributed by atoms with van der Waals surface area (Å²) in [5.41, 5.74) is -0.974. The lowest BCUT2D eigenvalue weighted by molar-refractivity contribution is -0.145. The number of rotatable bonds is 10. The number of aromatic nitrogens is 2. The van der Waals surface area contributed by atoms with Crippen LogP contribution in [0.15, 0.2) is 52.2 Å². The van der Waals surface area contributed by atoms with Gasteiger partial charge in [0.05, 0.1) is 18.8 Å². The maximum atomic E-state index is 12.1. The second-order valence-corrected chi connectivity index (χ2v) is 8.98. The Labute approximate surface area is 186 Å². The minimum absolute atomic E-state index is 0.0300. The zero-order valence-corrected chi connectivity index (χ0v) is 19.1. The van der Waals surface area contributed by atoms with Crippen molar-refractivity contribution in [2.45, 2.75) is 45.6 Å². The number of benzene rings is 1. The molecule has 1 unspecified atom stereocenters. The summed E-state index contributed by atoms with van der Waals surface area (Å²) in [6, 6.07) is 10.4. The van der Waals surface area contributed by atoms with E-state index in [1.807, 2.05) is 25.1 Å². The predicted octanol–water partition coefficient (Wildman–Crippen LogP) is 2.32. The Morgan fingerprint density at radius 3 is 2.72 bits per heavy atom. The summed E-state index contributed by atoms with van der Waals surface area (Å²) in [4.78, 5) is 37.6. The first-order valence-electron chi connectivity index (χ1n) is 10.4. The van der Waals surface area contributed by atoms with Crippen molar-refractivity contribution in [1.82, 2.24) is 14.6 Å². The Kier molecular flexibility index (Phi) is 8.58. The van der Waals surface area contributed by atoms with Crippen molar-refractivity contribution in [3.05, 3.63) is 63.4 Å². The number of carbonyl (C=O) groups is 1. The average molecular weight is 465 g/mol. The first kappa shape index (κ1) is 24.1. The summed E-state index contributed by atoms with van der Waals surface area (Å²) in [6.07, 6.45) is 1.07. The topological polar surface area (TPSA) is 121 Å². The van der Waals surface area contributed by atoms with Crippen molar-refractivity contribution in [3.63, 3.8) is 0 Å². The average Bonchev–Trinajstić information content (AvgIpc) is 3.10. The van der Waals surface area contributed by atoms with Gasteiger partial charge in [-0.25, -0.2) is 9.88 Å². The van der Waals surface area contributed by atoms with Crippen LogP contribution in [-0.4, -0.2) is 40.9 Å². The van der Waals surface area contributed by atoms with Gasteiger partial charge in [-0.1, -0.05) is 25.1 Å². The number of nitrogens with one attached hydrogen (secondary N) is 2. The van der Waals surface area contributed by atoms with Crippen LogP contribution in [-0.2, 0) is 18.8 Å². The highest BCUT2D eigenvalue weighted by Crippen LogP contribution is 2.38. The molecule has 4 atom stereocenters. The van der Waals surface area contributed by atoms with Crippen LogP contribution in [0.2, 0.25) is 0 Å². The van der Waals surface area contributed by atoms with Gasteiger partial charge in [-0.3, -0.25) is 19.1 Å². The zero-order valence-electron chi connectivity index (χ0n) is 18.2. The van der Waals surface area contributed by atoms with Gasteiger partial charge < -0.3 is 18.5 Å². The molecule has 1 fully saturated rings. The van der Waals surface area contributed by atoms with E-state index in [0.29, 0.717) is 12.2 Å². The number of carbonyl (C=O) groups excluding carboxylic acids is 1. The van der Waals surface area contributed by atoms with E-state index in [2.05, 4.69) is 10.1 Å². The molecule has 11 heteroatoms. The standard InChI is InChI=1S/C21H28N3O7P/c1-14(2)29-19(26)12-22-32(31-16-7-5-4-6-8-16)28-13-17-11-15(3)20(30-17)24-10-9-18(25)23-21(24)27/h4-10,14-15,17,20,22H,11-13H2,1-3H3,(H,23,25,27)/t15-,17-,20+,32?/m0/s1. The van der Waals surface area contributed by atoms with Crippen LogP contribution in [0.4, 0.5) is 0 Å². The SMILES string of the molecule is CC(C)OC(=O)CNP(OC[C@@H]1C[C@H](C)[C@H](n2ccc(=O)[nH]c2=O)O1)Oc1ccccc1. The van der Waals surface area contributed by atoms with Gasteiger partial charge in [-0.15, -0.1) is 0 Å². The molecule has 0 spiro atoms. The number of hydrogen-bond donors (Lipinski definition) is 2. The van der Waals surface area contributed by atoms with Gasteiger partial charge in [-0.05, 0) is 32.4 Å². The fourth-order valence-corrected chi connectivity index (χ4v) is 4.34. The highest BCUT2D eigenvalue weighted by atomic mass is 31.2. The third kappa shape index (κ3) is 7.00. The molecule has 2 heterocycles. The van der Waals surface area contributed by atoms with Crippen molar-refractivity contribution >= 4 is 14.5 Å². The third-order valence-electron chi connectivity index (χ3n) is 4.61. The summed E-state index contributed by atoms with van der Waals surface area (Å²) in [5.74, 6) is 0.222. The van der Waals surface area contributed by atoms with Gasteiger partial charge >= 0.3 is 20.2 Å². The molecule has 0 radical (unpaired) electrons. The summed E-state index contributed by atoms with van der Waals surface area (Å²) in [6.45, 7) is 5.66. The van der Waals surface area contributed by atoms with Crippen molar-refractivity contribution in [2.75, 3.05) is 13.2 Å². The van der Waals surface area contributed by atoms with Crippen molar-refractivity contribution in [3.8, 4) is 5.75 Å². The van der Waals surface area contributed by atoms with E-state index in [-0.39, 0.29) is 31.3 Å². The molecule has 1 aliphatic heterocycles. The van der Waals surface area contributed by atoms with Crippen LogP contribution in [0.25, 0.3) is 0 Å². The van der Waals surface area contributed by atoms with Crippen molar-refractivity contribution in [2.24, 2.45) is 5.92 Å². The Morgan fingerprint density at radius 1 is 1.28 bits per heavy atom. The molecule has 2 aromatic rings. The van der Waals surface area contributed by atoms with E-state index < -0.39 is 32.0 Å². The molecular formula is C21H28N3O7P. The highest BCUT2D eigenvalue weighted by Gasteiger charge is 2.35. The van der Waals surface area contributed by atoms with Crippen molar-refractivity contribution < 1.29 is 23.3 Å². The maximum absolute atomic E-state index is 12.1. The number of H-pyrrole nitrogens is 1. The third-order valence-corrected chi connectivity index (χ3v) is 5.78. The predicted molar refractivity (Wildman–Crippen MR) is 118 cm³/mol. The largest absolute Gasteiger partial charge is 0.462 e. The van der Waals surface area contributed by atoms with Gasteiger partial charge in [0, 0.05) is 18.2 Å². The van der Waals surface area contributed by atoms with Crippen LogP contribution >= 0.6 is 8.53 Å². The Bertz CT molecular complexity index is 995. The number of nitrogens with zero attached hydrogens (tertiary/aromatic N) is 1. The van der Waals surface area contributed by atoms with Gasteiger partial charge in [0.1, 0.15) is 18.5 Å². The van der Waals surface area contributed by atoms with Crippen LogP contribution in [0.5, 0.6) is 5.75 Å². The number of ether oxygens (including phenoxy) is 2. The molecule has 1 aromatic carbocycles. The normalized spacial score (nSPS) is 21.4. The minimum Gasteiger partial charge on any atom is -0.462 e. The lowest BCUT2D eigenvalue weighted by Crippen LogP contribution is -2.33. The number of hydrogen-bond acceptors (Lipinski definition) is 8. The smallest absolute Gasteiger partial charge is 0.330 e. The fraction of sp³-hybridized carbons (Fsp3) is 0.476. The summed E-state index contributed by atoms with van der Waals surface area (Å²) in [5, 5.41) is 2.96. The molecule has 3 rings (SSSR count). The summed E-state index contributed by atoms with van der Waals surface area (Å²) >= 11 is 0. The Hall–Kier alpha value is -2.52. The second-order valence-electron chi connectivity index (χ2n) is 7.71. The van der Waals surface area contributed by atoms with E-state index in [9.17, 15) is 14.4 Å². The number of para-hydroxylation sites is 1. The molecule has 174 valence electrons. The van der Waals surface area contributed by atoms with Gasteiger partial charge in [-0.2, -0.15) is 0 Å². The molecule has 1 aromatic heterocycles. The molecule has 1 aliphatic rings. The second kappa shape index (κ2) is 11.4. The van der Waals surface area contributed by atoms with Crippen LogP contribution in [0, 0.1) is 5.92 Å².